The summed E-state index contributed by atoms with van der Waals surface area (Å²) < 4.78 is 13.5. The number of aliphatic hydroxyl groups excluding tert-OH is 1. The Morgan fingerprint density at radius 1 is 1.03 bits per heavy atom. The van der Waals surface area contributed by atoms with Gasteiger partial charge in [0.1, 0.15) is 11.6 Å². The number of benzene rings is 2. The molecule has 10 nitrogen and oxygen atoms in total. The number of likely N-dealkylation sites (N-methyl/N-ethyl adjacent to an activating group) is 1. The van der Waals surface area contributed by atoms with Crippen LogP contribution in [0, 0.1) is 29.5 Å². The van der Waals surface area contributed by atoms with Crippen LogP contribution in [0.1, 0.15) is 28.8 Å². The van der Waals surface area contributed by atoms with E-state index in [-0.39, 0.29) is 11.1 Å². The van der Waals surface area contributed by atoms with Crippen LogP contribution in [0.5, 0.6) is 5.75 Å². The van der Waals surface area contributed by atoms with Crippen molar-refractivity contribution >= 4 is 29.0 Å². The Morgan fingerprint density at radius 3 is 2.21 bits per heavy atom. The van der Waals surface area contributed by atoms with E-state index in [4.69, 9.17) is 5.73 Å². The largest absolute Gasteiger partial charge is 0.507 e. The summed E-state index contributed by atoms with van der Waals surface area (Å²) >= 11 is 0. The number of ketones is 4. The van der Waals surface area contributed by atoms with Crippen molar-refractivity contribution in [3.05, 3.63) is 53.3 Å². The molecular formula is C28H27FN2O8. The molecule has 204 valence electrons. The standard InChI is InChI=1S/C28H27FN2O8/c1-10-13-8-9-14(11-4-6-12(29)7-5-11)21(32)16(13)22(33)17-15(10)23(34)19-20(31(2)3)24(35)18(27(30)38)26(37)28(19,39)25(17)36/h4-10,15,17-20,23,32,34,39H,1-3H3,(H2,30,38)/t10-,15+,17?,18?,19+,20-,23-,28-/m0/s1. The fraction of sp³-hybridized carbons (Fsp3) is 0.393. The van der Waals surface area contributed by atoms with Gasteiger partial charge in [-0.25, -0.2) is 4.39 Å². The highest BCUT2D eigenvalue weighted by Crippen LogP contribution is 2.55. The van der Waals surface area contributed by atoms with Gasteiger partial charge in [-0.1, -0.05) is 31.2 Å². The van der Waals surface area contributed by atoms with E-state index in [9.17, 15) is 43.7 Å². The fourth-order valence-electron chi connectivity index (χ4n) is 6.85. The number of carbonyl (C=O) groups excluding carboxylic acids is 5. The number of Topliss-reactive ketones (excluding diaryl/α,β-unsaturated/α-hetero) is 4. The summed E-state index contributed by atoms with van der Waals surface area (Å²) in [6, 6.07) is 6.84. The van der Waals surface area contributed by atoms with Gasteiger partial charge >= 0.3 is 0 Å². The highest BCUT2D eigenvalue weighted by molar-refractivity contribution is 6.32. The predicted octanol–water partition coefficient (Wildman–Crippen LogP) is 0.205. The van der Waals surface area contributed by atoms with E-state index in [1.807, 2.05) is 0 Å². The first-order valence-corrected chi connectivity index (χ1v) is 12.4. The fourth-order valence-corrected chi connectivity index (χ4v) is 6.85. The molecule has 2 unspecified atom stereocenters. The molecule has 0 spiro atoms. The zero-order chi connectivity index (χ0) is 28.7. The molecule has 3 aliphatic rings. The number of carbonyl (C=O) groups is 5. The summed E-state index contributed by atoms with van der Waals surface area (Å²) in [6.45, 7) is 1.63. The van der Waals surface area contributed by atoms with Crippen molar-refractivity contribution in [3.8, 4) is 16.9 Å². The van der Waals surface area contributed by atoms with Crippen molar-refractivity contribution in [2.24, 2.45) is 29.4 Å². The van der Waals surface area contributed by atoms with Gasteiger partial charge in [0, 0.05) is 11.5 Å². The van der Waals surface area contributed by atoms with Crippen LogP contribution in [0.3, 0.4) is 0 Å². The van der Waals surface area contributed by atoms with Gasteiger partial charge in [-0.2, -0.15) is 0 Å². The lowest BCUT2D eigenvalue weighted by Crippen LogP contribution is -2.77. The van der Waals surface area contributed by atoms with Crippen molar-refractivity contribution in [3.63, 3.8) is 0 Å². The molecule has 5 rings (SSSR count). The SMILES string of the molecule is C[C@H]1c2ccc(-c3ccc(F)cc3)c(O)c2C(=O)C2C(=O)[C@]3(O)C(=O)C(C(N)=O)C(=O)[C@@H](N(C)C)[C@@H]3[C@@H](O)[C@@H]21. The smallest absolute Gasteiger partial charge is 0.235 e. The van der Waals surface area contributed by atoms with E-state index >= 15 is 0 Å². The van der Waals surface area contributed by atoms with Crippen molar-refractivity contribution in [1.29, 1.82) is 0 Å². The lowest BCUT2D eigenvalue weighted by atomic mass is 9.49. The highest BCUT2D eigenvalue weighted by atomic mass is 19.1. The van der Waals surface area contributed by atoms with E-state index in [2.05, 4.69) is 0 Å². The van der Waals surface area contributed by atoms with Gasteiger partial charge in [0.25, 0.3) is 0 Å². The molecule has 0 bridgehead atoms. The topological polar surface area (TPSA) is 175 Å². The van der Waals surface area contributed by atoms with Gasteiger partial charge in [0.2, 0.25) is 5.91 Å². The van der Waals surface area contributed by atoms with Crippen molar-refractivity contribution in [2.45, 2.75) is 30.6 Å². The lowest BCUT2D eigenvalue weighted by molar-refractivity contribution is -0.196. The Labute approximate surface area is 222 Å². The summed E-state index contributed by atoms with van der Waals surface area (Å²) in [5.74, 6) is -14.4. The van der Waals surface area contributed by atoms with Crippen LogP contribution in [0.25, 0.3) is 11.1 Å². The Balaban J connectivity index is 1.69. The quantitative estimate of drug-likeness (QED) is 0.398. The molecule has 8 atom stereocenters. The lowest BCUT2D eigenvalue weighted by Gasteiger charge is -2.56. The second-order valence-corrected chi connectivity index (χ2v) is 10.8. The molecule has 11 heteroatoms. The van der Waals surface area contributed by atoms with Crippen LogP contribution in [-0.4, -0.2) is 81.1 Å². The number of primary amides is 1. The summed E-state index contributed by atoms with van der Waals surface area (Å²) in [7, 11) is 2.86. The van der Waals surface area contributed by atoms with Crippen LogP contribution in [-0.2, 0) is 19.2 Å². The number of hydrogen-bond acceptors (Lipinski definition) is 9. The first-order valence-electron chi connectivity index (χ1n) is 12.4. The average Bonchev–Trinajstić information content (AvgIpc) is 2.86. The molecule has 3 aliphatic carbocycles. The zero-order valence-electron chi connectivity index (χ0n) is 21.3. The van der Waals surface area contributed by atoms with Crippen molar-refractivity contribution in [1.82, 2.24) is 4.90 Å². The minimum Gasteiger partial charge on any atom is -0.507 e. The average molecular weight is 539 g/mol. The Kier molecular flexibility index (Phi) is 6.09. The number of rotatable bonds is 3. The molecule has 0 aromatic heterocycles. The van der Waals surface area contributed by atoms with E-state index in [0.29, 0.717) is 11.1 Å². The number of nitrogens with zero attached hydrogens (tertiary/aromatic N) is 1. The maximum absolute atomic E-state index is 14.0. The van der Waals surface area contributed by atoms with Crippen LogP contribution < -0.4 is 5.73 Å². The number of fused-ring (bicyclic) bond motifs is 3. The molecule has 5 N–H and O–H groups in total. The van der Waals surface area contributed by atoms with E-state index in [1.54, 1.807) is 13.0 Å². The van der Waals surface area contributed by atoms with Crippen molar-refractivity contribution in [2.75, 3.05) is 14.1 Å². The van der Waals surface area contributed by atoms with E-state index in [1.165, 1.54) is 49.3 Å². The number of phenolic OH excluding ortho intramolecular Hbond substituents is 1. The Morgan fingerprint density at radius 2 is 1.64 bits per heavy atom. The van der Waals surface area contributed by atoms with E-state index < -0.39 is 87.9 Å². The van der Waals surface area contributed by atoms with Crippen LogP contribution in [0.4, 0.5) is 4.39 Å². The van der Waals surface area contributed by atoms with Gasteiger partial charge in [-0.3, -0.25) is 28.9 Å². The molecule has 0 saturated heterocycles. The van der Waals surface area contributed by atoms with Gasteiger partial charge in [-0.05, 0) is 43.3 Å². The number of halogens is 1. The van der Waals surface area contributed by atoms with Gasteiger partial charge < -0.3 is 21.1 Å². The normalized spacial score (nSPS) is 34.0. The highest BCUT2D eigenvalue weighted by Gasteiger charge is 2.72. The number of phenols is 1. The molecule has 1 amide bonds. The first-order chi connectivity index (χ1) is 18.2. The predicted molar refractivity (Wildman–Crippen MR) is 133 cm³/mol. The summed E-state index contributed by atoms with van der Waals surface area (Å²) in [5, 5.41) is 34.4. The minimum absolute atomic E-state index is 0.189. The molecule has 0 aliphatic heterocycles. The minimum atomic E-state index is -3.06. The maximum atomic E-state index is 14.0. The second-order valence-electron chi connectivity index (χ2n) is 10.8. The third-order valence-corrected chi connectivity index (χ3v) is 8.64. The molecule has 2 fully saturated rings. The number of aliphatic hydroxyl groups is 2. The summed E-state index contributed by atoms with van der Waals surface area (Å²) in [5.41, 5.74) is 2.94. The molecular weight excluding hydrogens is 511 g/mol. The molecule has 2 aromatic rings. The molecule has 0 heterocycles. The number of amides is 1. The monoisotopic (exact) mass is 538 g/mol. The van der Waals surface area contributed by atoms with Crippen LogP contribution in [0.15, 0.2) is 36.4 Å². The van der Waals surface area contributed by atoms with Gasteiger partial charge in [-0.15, -0.1) is 0 Å². The maximum Gasteiger partial charge on any atom is 0.235 e. The number of aromatic hydroxyl groups is 1. The molecule has 0 radical (unpaired) electrons. The zero-order valence-corrected chi connectivity index (χ0v) is 21.3. The van der Waals surface area contributed by atoms with Crippen LogP contribution in [0.2, 0.25) is 0 Å². The number of nitrogens with two attached hydrogens (primary N) is 1. The molecule has 2 aromatic carbocycles. The third kappa shape index (κ3) is 3.46. The number of hydrogen-bond donors (Lipinski definition) is 4. The second kappa shape index (κ2) is 8.87. The van der Waals surface area contributed by atoms with E-state index in [0.717, 1.165) is 0 Å². The summed E-state index contributed by atoms with van der Waals surface area (Å²) in [6.07, 6.45) is -1.70. The molecule has 39 heavy (non-hydrogen) atoms. The molecule has 2 saturated carbocycles. The van der Waals surface area contributed by atoms with Gasteiger partial charge in [0.05, 0.1) is 29.5 Å². The van der Waals surface area contributed by atoms with Crippen molar-refractivity contribution < 1.29 is 43.7 Å². The summed E-state index contributed by atoms with van der Waals surface area (Å²) in [4.78, 5) is 67.8. The van der Waals surface area contributed by atoms with Crippen LogP contribution >= 0.6 is 0 Å². The third-order valence-electron chi connectivity index (χ3n) is 8.64. The Hall–Kier alpha value is -3.80. The first kappa shape index (κ1) is 26.8. The van der Waals surface area contributed by atoms with Gasteiger partial charge in [0.15, 0.2) is 34.7 Å². The Bertz CT molecular complexity index is 1450.